The van der Waals surface area contributed by atoms with Crippen LogP contribution in [0.15, 0.2) is 36.4 Å². The zero-order chi connectivity index (χ0) is 11.0. The molecule has 2 aromatic rings. The van der Waals surface area contributed by atoms with Gasteiger partial charge in [0.1, 0.15) is 0 Å². The number of nitrogens with two attached hydrogens (primary N) is 1. The Labute approximate surface area is 95.7 Å². The van der Waals surface area contributed by atoms with Crippen molar-refractivity contribution in [3.63, 3.8) is 0 Å². The molecule has 82 valence electrons. The van der Waals surface area contributed by atoms with Crippen LogP contribution in [0, 0.1) is 0 Å². The molecule has 0 saturated carbocycles. The van der Waals surface area contributed by atoms with Crippen molar-refractivity contribution >= 4 is 10.8 Å². The number of nitrogens with zero attached hydrogens (tertiary/aromatic N) is 1. The summed E-state index contributed by atoms with van der Waals surface area (Å²) in [5.41, 5.74) is 8.37. The molecule has 1 saturated heterocycles. The summed E-state index contributed by atoms with van der Waals surface area (Å²) in [6.45, 7) is 4.20. The summed E-state index contributed by atoms with van der Waals surface area (Å²) < 4.78 is 0. The predicted octanol–water partition coefficient (Wildman–Crippen LogP) is 2.11. The molecule has 0 spiro atoms. The standard InChI is InChI=1S/C14H16N2/c15-9-13-3-1-2-12-8-11(4-5-14(12)13)10-16-6-7-16/h1-5,8H,6-7,9-10,15H2. The quantitative estimate of drug-likeness (QED) is 0.789. The van der Waals surface area contributed by atoms with Crippen molar-refractivity contribution in [1.29, 1.82) is 0 Å². The predicted molar refractivity (Wildman–Crippen MR) is 67.1 cm³/mol. The van der Waals surface area contributed by atoms with E-state index >= 15 is 0 Å². The van der Waals surface area contributed by atoms with E-state index in [0.29, 0.717) is 6.54 Å². The van der Waals surface area contributed by atoms with E-state index < -0.39 is 0 Å². The van der Waals surface area contributed by atoms with Gasteiger partial charge in [0.05, 0.1) is 0 Å². The van der Waals surface area contributed by atoms with Gasteiger partial charge in [0, 0.05) is 26.2 Å². The molecule has 1 heterocycles. The van der Waals surface area contributed by atoms with Crippen LogP contribution in [0.1, 0.15) is 11.1 Å². The van der Waals surface area contributed by atoms with Crippen molar-refractivity contribution < 1.29 is 0 Å². The second-order valence-corrected chi connectivity index (χ2v) is 4.45. The highest BCUT2D eigenvalue weighted by atomic mass is 15.2. The first-order chi connectivity index (χ1) is 7.86. The summed E-state index contributed by atoms with van der Waals surface area (Å²) in [5.74, 6) is 0. The maximum absolute atomic E-state index is 5.74. The molecule has 0 amide bonds. The topological polar surface area (TPSA) is 29.0 Å². The Hall–Kier alpha value is -1.38. The number of rotatable bonds is 3. The molecular formula is C14H16N2. The van der Waals surface area contributed by atoms with Crippen LogP contribution in [-0.4, -0.2) is 18.0 Å². The molecule has 2 nitrogen and oxygen atoms in total. The Morgan fingerprint density at radius 1 is 1.12 bits per heavy atom. The smallest absolute Gasteiger partial charge is 0.0235 e. The Morgan fingerprint density at radius 3 is 2.75 bits per heavy atom. The zero-order valence-electron chi connectivity index (χ0n) is 9.32. The van der Waals surface area contributed by atoms with E-state index in [1.807, 2.05) is 0 Å². The lowest BCUT2D eigenvalue weighted by Gasteiger charge is -2.07. The van der Waals surface area contributed by atoms with Crippen molar-refractivity contribution in [1.82, 2.24) is 4.90 Å². The van der Waals surface area contributed by atoms with Crippen LogP contribution in [0.5, 0.6) is 0 Å². The molecule has 2 heteroatoms. The van der Waals surface area contributed by atoms with Gasteiger partial charge in [-0.2, -0.15) is 0 Å². The molecule has 0 aromatic heterocycles. The molecule has 2 aromatic carbocycles. The van der Waals surface area contributed by atoms with E-state index in [9.17, 15) is 0 Å². The Kier molecular flexibility index (Phi) is 2.39. The van der Waals surface area contributed by atoms with Crippen LogP contribution in [-0.2, 0) is 13.1 Å². The number of hydrogen-bond acceptors (Lipinski definition) is 2. The van der Waals surface area contributed by atoms with Gasteiger partial charge in [0.15, 0.2) is 0 Å². The van der Waals surface area contributed by atoms with Crippen molar-refractivity contribution in [3.05, 3.63) is 47.5 Å². The fourth-order valence-electron chi connectivity index (χ4n) is 2.16. The van der Waals surface area contributed by atoms with Crippen LogP contribution >= 0.6 is 0 Å². The largest absolute Gasteiger partial charge is 0.326 e. The highest BCUT2D eigenvalue weighted by Gasteiger charge is 2.16. The summed E-state index contributed by atoms with van der Waals surface area (Å²) >= 11 is 0. The van der Waals surface area contributed by atoms with E-state index in [-0.39, 0.29) is 0 Å². The fraction of sp³-hybridized carbons (Fsp3) is 0.286. The van der Waals surface area contributed by atoms with E-state index in [1.165, 1.54) is 35.0 Å². The van der Waals surface area contributed by atoms with Crippen LogP contribution in [0.4, 0.5) is 0 Å². The van der Waals surface area contributed by atoms with Gasteiger partial charge in [0.2, 0.25) is 0 Å². The molecule has 1 aliphatic rings. The maximum Gasteiger partial charge on any atom is 0.0235 e. The molecule has 0 atom stereocenters. The van der Waals surface area contributed by atoms with Gasteiger partial charge in [-0.1, -0.05) is 30.3 Å². The molecule has 1 aliphatic heterocycles. The molecule has 0 unspecified atom stereocenters. The molecule has 3 rings (SSSR count). The monoisotopic (exact) mass is 212 g/mol. The minimum Gasteiger partial charge on any atom is -0.326 e. The summed E-state index contributed by atoms with van der Waals surface area (Å²) in [5, 5.41) is 2.60. The molecule has 0 aliphatic carbocycles. The number of hydrogen-bond donors (Lipinski definition) is 1. The maximum atomic E-state index is 5.74. The second-order valence-electron chi connectivity index (χ2n) is 4.45. The average molecular weight is 212 g/mol. The molecule has 16 heavy (non-hydrogen) atoms. The average Bonchev–Trinajstić information content (AvgIpc) is 3.12. The zero-order valence-corrected chi connectivity index (χ0v) is 9.32. The van der Waals surface area contributed by atoms with Gasteiger partial charge in [-0.25, -0.2) is 0 Å². The van der Waals surface area contributed by atoms with Crippen LogP contribution in [0.25, 0.3) is 10.8 Å². The minimum absolute atomic E-state index is 0.614. The third-order valence-corrected chi connectivity index (χ3v) is 3.20. The van der Waals surface area contributed by atoms with Gasteiger partial charge in [-0.15, -0.1) is 0 Å². The third kappa shape index (κ3) is 1.82. The Bertz CT molecular complexity index is 515. The van der Waals surface area contributed by atoms with Crippen LogP contribution in [0.3, 0.4) is 0 Å². The highest BCUT2D eigenvalue weighted by molar-refractivity contribution is 5.86. The van der Waals surface area contributed by atoms with Gasteiger partial charge >= 0.3 is 0 Å². The molecular weight excluding hydrogens is 196 g/mol. The molecule has 0 bridgehead atoms. The van der Waals surface area contributed by atoms with Gasteiger partial charge in [0.25, 0.3) is 0 Å². The summed E-state index contributed by atoms with van der Waals surface area (Å²) in [6.07, 6.45) is 0. The summed E-state index contributed by atoms with van der Waals surface area (Å²) in [4.78, 5) is 2.42. The lowest BCUT2D eigenvalue weighted by Crippen LogP contribution is -1.99. The lowest BCUT2D eigenvalue weighted by atomic mass is 10.0. The SMILES string of the molecule is NCc1cccc2cc(CN3CC3)ccc12. The molecule has 2 N–H and O–H groups in total. The lowest BCUT2D eigenvalue weighted by molar-refractivity contribution is 0.556. The first kappa shape index (κ1) is 9.82. The van der Waals surface area contributed by atoms with Gasteiger partial charge in [-0.05, 0) is 28.0 Å². The molecule has 0 radical (unpaired) electrons. The van der Waals surface area contributed by atoms with Crippen LogP contribution in [0.2, 0.25) is 0 Å². The number of benzene rings is 2. The van der Waals surface area contributed by atoms with Crippen molar-refractivity contribution in [2.75, 3.05) is 13.1 Å². The van der Waals surface area contributed by atoms with E-state index in [0.717, 1.165) is 6.54 Å². The second kappa shape index (κ2) is 3.89. The van der Waals surface area contributed by atoms with Gasteiger partial charge < -0.3 is 5.73 Å². The van der Waals surface area contributed by atoms with Crippen LogP contribution < -0.4 is 5.73 Å². The minimum atomic E-state index is 0.614. The molecule has 1 fully saturated rings. The first-order valence-corrected chi connectivity index (χ1v) is 5.80. The van der Waals surface area contributed by atoms with Crippen molar-refractivity contribution in [3.8, 4) is 0 Å². The van der Waals surface area contributed by atoms with E-state index in [1.54, 1.807) is 0 Å². The summed E-state index contributed by atoms with van der Waals surface area (Å²) in [7, 11) is 0. The fourth-order valence-corrected chi connectivity index (χ4v) is 2.16. The normalized spacial score (nSPS) is 15.6. The Morgan fingerprint density at radius 2 is 2.00 bits per heavy atom. The van der Waals surface area contributed by atoms with E-state index in [2.05, 4.69) is 41.3 Å². The van der Waals surface area contributed by atoms with E-state index in [4.69, 9.17) is 5.73 Å². The number of fused-ring (bicyclic) bond motifs is 1. The highest BCUT2D eigenvalue weighted by Crippen LogP contribution is 2.21. The van der Waals surface area contributed by atoms with Gasteiger partial charge in [-0.3, -0.25) is 4.90 Å². The van der Waals surface area contributed by atoms with Crippen molar-refractivity contribution in [2.24, 2.45) is 5.73 Å². The summed E-state index contributed by atoms with van der Waals surface area (Å²) in [6, 6.07) is 13.1. The Balaban J connectivity index is 2.03. The third-order valence-electron chi connectivity index (χ3n) is 3.20. The first-order valence-electron chi connectivity index (χ1n) is 5.80. The van der Waals surface area contributed by atoms with Crippen molar-refractivity contribution in [2.45, 2.75) is 13.1 Å².